The molecule has 11 heteroatoms. The molecule has 0 spiro atoms. The summed E-state index contributed by atoms with van der Waals surface area (Å²) in [5.74, 6) is -1.35. The van der Waals surface area contributed by atoms with Crippen molar-refractivity contribution in [3.05, 3.63) is 59.7 Å². The standard InChI is InChI=1S/C29H37N3O8/c1-19(2)16-23(30-26(33)18-39-25-7-5-4-6-20(25)3)27(34)31-24(28(35)36)17-21-8-10-22(11-9-21)40-29(37)32-12-14-38-15-13-32/h4-11,19,23-24H,12-18H2,1-3H3,(H,30,33)(H,31,34)(H,35,36)/t23-,24-/m0/s1. The largest absolute Gasteiger partial charge is 0.484 e. The predicted octanol–water partition coefficient (Wildman–Crippen LogP) is 2.55. The monoisotopic (exact) mass is 555 g/mol. The fourth-order valence-electron chi connectivity index (χ4n) is 4.11. The minimum atomic E-state index is -1.23. The second kappa shape index (κ2) is 14.9. The first-order chi connectivity index (χ1) is 19.1. The Morgan fingerprint density at radius 2 is 1.65 bits per heavy atom. The Hall–Kier alpha value is -4.12. The van der Waals surface area contributed by atoms with Gasteiger partial charge in [-0.05, 0) is 48.6 Å². The van der Waals surface area contributed by atoms with Gasteiger partial charge in [-0.1, -0.05) is 44.2 Å². The van der Waals surface area contributed by atoms with Gasteiger partial charge in [0.15, 0.2) is 6.61 Å². The number of nitrogens with one attached hydrogen (secondary N) is 2. The van der Waals surface area contributed by atoms with E-state index < -0.39 is 36.0 Å². The molecule has 1 aliphatic heterocycles. The van der Waals surface area contributed by atoms with Gasteiger partial charge >= 0.3 is 12.1 Å². The van der Waals surface area contributed by atoms with Crippen LogP contribution in [0, 0.1) is 12.8 Å². The van der Waals surface area contributed by atoms with E-state index in [1.165, 1.54) is 0 Å². The molecule has 3 N–H and O–H groups in total. The molecule has 3 amide bonds. The van der Waals surface area contributed by atoms with Crippen LogP contribution in [0.3, 0.4) is 0 Å². The number of aliphatic carboxylic acids is 1. The Labute approximate surface area is 233 Å². The Bertz CT molecular complexity index is 1160. The average Bonchev–Trinajstić information content (AvgIpc) is 2.93. The van der Waals surface area contributed by atoms with E-state index in [-0.39, 0.29) is 18.9 Å². The first-order valence-electron chi connectivity index (χ1n) is 13.3. The minimum absolute atomic E-state index is 0.00248. The number of nitrogens with zero attached hydrogens (tertiary/aromatic N) is 1. The molecule has 0 bridgehead atoms. The quantitative estimate of drug-likeness (QED) is 0.363. The van der Waals surface area contributed by atoms with Crippen molar-refractivity contribution < 1.29 is 38.5 Å². The summed E-state index contributed by atoms with van der Waals surface area (Å²) in [7, 11) is 0. The summed E-state index contributed by atoms with van der Waals surface area (Å²) in [5, 5.41) is 15.0. The van der Waals surface area contributed by atoms with Gasteiger partial charge in [-0.3, -0.25) is 9.59 Å². The fourth-order valence-corrected chi connectivity index (χ4v) is 4.11. The van der Waals surface area contributed by atoms with Crippen LogP contribution in [0.4, 0.5) is 4.79 Å². The Kier molecular flexibility index (Phi) is 11.3. The van der Waals surface area contributed by atoms with Gasteiger partial charge in [-0.2, -0.15) is 0 Å². The molecule has 2 aromatic carbocycles. The van der Waals surface area contributed by atoms with Crippen molar-refractivity contribution in [2.45, 2.75) is 45.7 Å². The molecule has 0 saturated carbocycles. The maximum Gasteiger partial charge on any atom is 0.415 e. The molecule has 2 aromatic rings. The lowest BCUT2D eigenvalue weighted by atomic mass is 10.0. The molecule has 11 nitrogen and oxygen atoms in total. The van der Waals surface area contributed by atoms with Crippen LogP contribution in [0.15, 0.2) is 48.5 Å². The van der Waals surface area contributed by atoms with Gasteiger partial charge in [0.1, 0.15) is 23.6 Å². The van der Waals surface area contributed by atoms with Crippen LogP contribution in [0.1, 0.15) is 31.4 Å². The van der Waals surface area contributed by atoms with Gasteiger partial charge in [0.25, 0.3) is 5.91 Å². The molecular weight excluding hydrogens is 518 g/mol. The van der Waals surface area contributed by atoms with Crippen LogP contribution >= 0.6 is 0 Å². The van der Waals surface area contributed by atoms with Crippen LogP contribution in [-0.2, 0) is 25.5 Å². The first kappa shape index (κ1) is 30.4. The number of morpholine rings is 1. The molecule has 2 atom stereocenters. The Morgan fingerprint density at radius 3 is 2.27 bits per heavy atom. The van der Waals surface area contributed by atoms with Crippen molar-refractivity contribution in [2.24, 2.45) is 5.92 Å². The SMILES string of the molecule is Cc1ccccc1OCC(=O)N[C@@H](CC(C)C)C(=O)N[C@@H](Cc1ccc(OC(=O)N2CCOCC2)cc1)C(=O)O. The molecule has 40 heavy (non-hydrogen) atoms. The zero-order valence-corrected chi connectivity index (χ0v) is 23.1. The van der Waals surface area contributed by atoms with Crippen molar-refractivity contribution in [3.8, 4) is 11.5 Å². The van der Waals surface area contributed by atoms with Crippen LogP contribution < -0.4 is 20.1 Å². The smallest absolute Gasteiger partial charge is 0.415 e. The summed E-state index contributed by atoms with van der Waals surface area (Å²) in [4.78, 5) is 51.4. The van der Waals surface area contributed by atoms with Gasteiger partial charge in [-0.25, -0.2) is 9.59 Å². The molecule has 1 fully saturated rings. The van der Waals surface area contributed by atoms with E-state index in [4.69, 9.17) is 14.2 Å². The first-order valence-corrected chi connectivity index (χ1v) is 13.3. The zero-order valence-electron chi connectivity index (χ0n) is 23.1. The molecule has 1 aliphatic rings. The van der Waals surface area contributed by atoms with Crippen molar-refractivity contribution in [1.82, 2.24) is 15.5 Å². The second-order valence-corrected chi connectivity index (χ2v) is 10.0. The highest BCUT2D eigenvalue weighted by atomic mass is 16.6. The highest BCUT2D eigenvalue weighted by Crippen LogP contribution is 2.17. The highest BCUT2D eigenvalue weighted by molar-refractivity contribution is 5.90. The summed E-state index contributed by atoms with van der Waals surface area (Å²) in [6, 6.07) is 11.5. The predicted molar refractivity (Wildman–Crippen MR) is 146 cm³/mol. The Balaban J connectivity index is 1.57. The van der Waals surface area contributed by atoms with Gasteiger partial charge < -0.3 is 34.9 Å². The van der Waals surface area contributed by atoms with Crippen molar-refractivity contribution in [2.75, 3.05) is 32.9 Å². The number of carbonyl (C=O) groups is 4. The lowest BCUT2D eigenvalue weighted by molar-refractivity contribution is -0.142. The van der Waals surface area contributed by atoms with Gasteiger partial charge in [-0.15, -0.1) is 0 Å². The molecule has 1 saturated heterocycles. The number of carboxylic acids is 1. The fraction of sp³-hybridized carbons (Fsp3) is 0.448. The number of aryl methyl sites for hydroxylation is 1. The number of hydrogen-bond donors (Lipinski definition) is 3. The van der Waals surface area contributed by atoms with E-state index in [0.717, 1.165) is 5.56 Å². The number of carboxylic acid groups (broad SMARTS) is 1. The summed E-state index contributed by atoms with van der Waals surface area (Å²) >= 11 is 0. The number of rotatable bonds is 12. The second-order valence-electron chi connectivity index (χ2n) is 10.0. The molecule has 0 aliphatic carbocycles. The maximum absolute atomic E-state index is 13.1. The van der Waals surface area contributed by atoms with E-state index in [0.29, 0.717) is 49.8 Å². The highest BCUT2D eigenvalue weighted by Gasteiger charge is 2.28. The number of ether oxygens (including phenoxy) is 3. The normalized spacial score (nSPS) is 14.7. The third-order valence-corrected chi connectivity index (χ3v) is 6.26. The summed E-state index contributed by atoms with van der Waals surface area (Å²) in [6.45, 7) is 7.20. The van der Waals surface area contributed by atoms with E-state index in [1.54, 1.807) is 41.3 Å². The van der Waals surface area contributed by atoms with Gasteiger partial charge in [0.2, 0.25) is 5.91 Å². The van der Waals surface area contributed by atoms with E-state index in [2.05, 4.69) is 10.6 Å². The number of amides is 3. The number of hydrogen-bond acceptors (Lipinski definition) is 7. The Morgan fingerprint density at radius 1 is 0.975 bits per heavy atom. The number of carbonyl (C=O) groups excluding carboxylic acids is 3. The molecule has 216 valence electrons. The molecule has 1 heterocycles. The third-order valence-electron chi connectivity index (χ3n) is 6.26. The molecule has 0 radical (unpaired) electrons. The van der Waals surface area contributed by atoms with Crippen molar-refractivity contribution >= 4 is 23.9 Å². The summed E-state index contributed by atoms with van der Waals surface area (Å²) in [6.07, 6.45) is -0.163. The van der Waals surface area contributed by atoms with E-state index in [1.807, 2.05) is 32.9 Å². The summed E-state index contributed by atoms with van der Waals surface area (Å²) in [5.41, 5.74) is 1.49. The number of para-hydroxylation sites is 1. The molecular formula is C29H37N3O8. The number of benzene rings is 2. The minimum Gasteiger partial charge on any atom is -0.484 e. The van der Waals surface area contributed by atoms with E-state index >= 15 is 0 Å². The lowest BCUT2D eigenvalue weighted by Crippen LogP contribution is -2.53. The van der Waals surface area contributed by atoms with Crippen LogP contribution in [0.5, 0.6) is 11.5 Å². The van der Waals surface area contributed by atoms with Crippen LogP contribution in [-0.4, -0.2) is 78.9 Å². The van der Waals surface area contributed by atoms with Gasteiger partial charge in [0.05, 0.1) is 13.2 Å². The maximum atomic E-state index is 13.1. The van der Waals surface area contributed by atoms with Crippen molar-refractivity contribution in [3.63, 3.8) is 0 Å². The topological polar surface area (TPSA) is 143 Å². The zero-order chi connectivity index (χ0) is 29.1. The average molecular weight is 556 g/mol. The lowest BCUT2D eigenvalue weighted by Gasteiger charge is -2.25. The van der Waals surface area contributed by atoms with Crippen LogP contribution in [0.2, 0.25) is 0 Å². The van der Waals surface area contributed by atoms with Crippen LogP contribution in [0.25, 0.3) is 0 Å². The molecule has 0 aromatic heterocycles. The van der Waals surface area contributed by atoms with E-state index in [9.17, 15) is 24.3 Å². The van der Waals surface area contributed by atoms with Crippen molar-refractivity contribution in [1.29, 1.82) is 0 Å². The third kappa shape index (κ3) is 9.57. The van der Waals surface area contributed by atoms with Gasteiger partial charge in [0, 0.05) is 19.5 Å². The molecule has 0 unspecified atom stereocenters. The molecule has 3 rings (SSSR count). The summed E-state index contributed by atoms with van der Waals surface area (Å²) < 4.78 is 16.2.